The number of thiophene rings is 1. The van der Waals surface area contributed by atoms with Gasteiger partial charge in [-0.2, -0.15) is 0 Å². The topological polar surface area (TPSA) is 75.7 Å². The Morgan fingerprint density at radius 3 is 2.83 bits per heavy atom. The van der Waals surface area contributed by atoms with E-state index >= 15 is 0 Å². The quantitative estimate of drug-likeness (QED) is 0.837. The number of sulfone groups is 1. The van der Waals surface area contributed by atoms with Crippen LogP contribution in [0.3, 0.4) is 0 Å². The second kappa shape index (κ2) is 7.29. The van der Waals surface area contributed by atoms with Gasteiger partial charge >= 0.3 is 0 Å². The van der Waals surface area contributed by atoms with E-state index in [0.29, 0.717) is 26.2 Å². The Bertz CT molecular complexity index is 624. The fraction of sp³-hybridized carbons (Fsp3) is 0.667. The molecule has 3 heterocycles. The van der Waals surface area contributed by atoms with Gasteiger partial charge in [0.25, 0.3) is 0 Å². The maximum atomic E-state index is 12.3. The number of hydrogen-bond donors (Lipinski definition) is 1. The lowest BCUT2D eigenvalue weighted by molar-refractivity contribution is -0.124. The molecule has 6 nitrogen and oxygen atoms in total. The molecule has 1 amide bonds. The zero-order valence-electron chi connectivity index (χ0n) is 12.9. The second-order valence-electron chi connectivity index (χ2n) is 6.02. The van der Waals surface area contributed by atoms with Crippen molar-refractivity contribution in [2.45, 2.75) is 12.5 Å². The molecule has 8 heteroatoms. The molecule has 0 aromatic carbocycles. The van der Waals surface area contributed by atoms with Crippen LogP contribution in [0.1, 0.15) is 17.3 Å². The Morgan fingerprint density at radius 1 is 1.43 bits per heavy atom. The lowest BCUT2D eigenvalue weighted by Gasteiger charge is -2.34. The highest BCUT2D eigenvalue weighted by Gasteiger charge is 2.33. The Labute approximate surface area is 140 Å². The molecule has 1 N–H and O–H groups in total. The van der Waals surface area contributed by atoms with Crippen LogP contribution in [0.5, 0.6) is 0 Å². The minimum absolute atomic E-state index is 0.0138. The van der Waals surface area contributed by atoms with Gasteiger partial charge in [-0.25, -0.2) is 8.42 Å². The molecule has 2 aliphatic rings. The Balaban J connectivity index is 1.61. The highest BCUT2D eigenvalue weighted by Crippen LogP contribution is 2.26. The first kappa shape index (κ1) is 16.9. The van der Waals surface area contributed by atoms with Crippen LogP contribution in [0.4, 0.5) is 0 Å². The number of hydrogen-bond acceptors (Lipinski definition) is 6. The van der Waals surface area contributed by atoms with Crippen molar-refractivity contribution < 1.29 is 17.9 Å². The predicted molar refractivity (Wildman–Crippen MR) is 89.2 cm³/mol. The van der Waals surface area contributed by atoms with Crippen molar-refractivity contribution in [2.75, 3.05) is 44.4 Å². The molecule has 128 valence electrons. The zero-order valence-corrected chi connectivity index (χ0v) is 14.6. The number of rotatable bonds is 5. The average Bonchev–Trinajstić information content (AvgIpc) is 3.18. The number of carbonyl (C=O) groups excluding carboxylic acids is 1. The van der Waals surface area contributed by atoms with Crippen molar-refractivity contribution in [3.63, 3.8) is 0 Å². The van der Waals surface area contributed by atoms with Crippen LogP contribution in [0.2, 0.25) is 0 Å². The van der Waals surface area contributed by atoms with E-state index in [1.807, 2.05) is 11.4 Å². The van der Waals surface area contributed by atoms with E-state index in [9.17, 15) is 13.2 Å². The second-order valence-corrected chi connectivity index (χ2v) is 9.23. The Morgan fingerprint density at radius 2 is 2.22 bits per heavy atom. The van der Waals surface area contributed by atoms with Crippen molar-refractivity contribution >= 4 is 27.1 Å². The van der Waals surface area contributed by atoms with Crippen molar-refractivity contribution in [3.8, 4) is 0 Å². The summed E-state index contributed by atoms with van der Waals surface area (Å²) in [5.74, 6) is -0.419. The van der Waals surface area contributed by atoms with Crippen molar-refractivity contribution in [1.29, 1.82) is 0 Å². The molecule has 2 saturated heterocycles. The molecule has 0 aliphatic carbocycles. The Kier molecular flexibility index (Phi) is 5.35. The average molecular weight is 358 g/mol. The highest BCUT2D eigenvalue weighted by molar-refractivity contribution is 7.91. The third kappa shape index (κ3) is 4.32. The summed E-state index contributed by atoms with van der Waals surface area (Å²) in [6, 6.07) is 4.22. The molecule has 2 fully saturated rings. The molecule has 23 heavy (non-hydrogen) atoms. The summed E-state index contributed by atoms with van der Waals surface area (Å²) in [7, 11) is -3.03. The predicted octanol–water partition coefficient (Wildman–Crippen LogP) is 0.672. The summed E-state index contributed by atoms with van der Waals surface area (Å²) in [6.07, 6.45) is 0.440. The van der Waals surface area contributed by atoms with Crippen molar-refractivity contribution in [1.82, 2.24) is 10.2 Å². The number of nitrogens with zero attached hydrogens (tertiary/aromatic N) is 1. The number of carbonyl (C=O) groups is 1. The summed E-state index contributed by atoms with van der Waals surface area (Å²) in [5.41, 5.74) is 0. The van der Waals surface area contributed by atoms with Gasteiger partial charge in [0.2, 0.25) is 5.91 Å². The van der Waals surface area contributed by atoms with Crippen molar-refractivity contribution in [2.24, 2.45) is 5.92 Å². The molecule has 0 radical (unpaired) electrons. The maximum Gasteiger partial charge on any atom is 0.224 e. The lowest BCUT2D eigenvalue weighted by Crippen LogP contribution is -2.44. The van der Waals surface area contributed by atoms with E-state index < -0.39 is 15.8 Å². The van der Waals surface area contributed by atoms with E-state index in [1.54, 1.807) is 11.3 Å². The molecule has 3 rings (SSSR count). The molecular formula is C15H22N2O4S2. The van der Waals surface area contributed by atoms with Crippen LogP contribution in [0, 0.1) is 5.92 Å². The fourth-order valence-electron chi connectivity index (χ4n) is 3.12. The van der Waals surface area contributed by atoms with E-state index in [4.69, 9.17) is 4.74 Å². The SMILES string of the molecule is O=C(NC[C@@H](c1cccs1)N1CCOCC1)[C@H]1CCS(=O)(=O)C1. The number of ether oxygens (including phenoxy) is 1. The molecule has 2 atom stereocenters. The molecular weight excluding hydrogens is 336 g/mol. The number of morpholine rings is 1. The van der Waals surface area contributed by atoms with Gasteiger partial charge in [0.1, 0.15) is 0 Å². The van der Waals surface area contributed by atoms with Crippen LogP contribution >= 0.6 is 11.3 Å². The third-order valence-corrected chi connectivity index (χ3v) is 7.17. The first-order chi connectivity index (χ1) is 11.1. The lowest BCUT2D eigenvalue weighted by atomic mass is 10.1. The molecule has 0 bridgehead atoms. The van der Waals surface area contributed by atoms with Gasteiger partial charge in [-0.15, -0.1) is 11.3 Å². The van der Waals surface area contributed by atoms with Gasteiger partial charge in [-0.05, 0) is 17.9 Å². The van der Waals surface area contributed by atoms with E-state index in [1.165, 1.54) is 4.88 Å². The van der Waals surface area contributed by atoms with Gasteiger partial charge in [0.05, 0.1) is 36.7 Å². The normalized spacial score (nSPS) is 26.0. The van der Waals surface area contributed by atoms with Crippen LogP contribution in [-0.4, -0.2) is 63.6 Å². The van der Waals surface area contributed by atoms with Gasteiger partial charge in [-0.3, -0.25) is 9.69 Å². The fourth-order valence-corrected chi connectivity index (χ4v) is 5.73. The van der Waals surface area contributed by atoms with Crippen LogP contribution in [-0.2, 0) is 19.4 Å². The summed E-state index contributed by atoms with van der Waals surface area (Å²) < 4.78 is 28.4. The summed E-state index contributed by atoms with van der Waals surface area (Å²) in [5, 5.41) is 5.00. The molecule has 1 aromatic rings. The minimum Gasteiger partial charge on any atom is -0.379 e. The molecule has 0 unspecified atom stereocenters. The van der Waals surface area contributed by atoms with Crippen LogP contribution < -0.4 is 5.32 Å². The van der Waals surface area contributed by atoms with Crippen LogP contribution in [0.25, 0.3) is 0 Å². The van der Waals surface area contributed by atoms with Gasteiger partial charge in [0, 0.05) is 24.5 Å². The summed E-state index contributed by atoms with van der Waals surface area (Å²) in [4.78, 5) is 15.8. The molecule has 0 saturated carbocycles. The zero-order chi connectivity index (χ0) is 16.3. The standard InChI is InChI=1S/C15H22N2O4S2/c18-15(12-3-9-23(19,20)11-12)16-10-13(14-2-1-8-22-14)17-4-6-21-7-5-17/h1-2,8,12-13H,3-7,9-11H2,(H,16,18)/t12-,13-/m0/s1. The Hall–Kier alpha value is -0.960. The summed E-state index contributed by atoms with van der Waals surface area (Å²) >= 11 is 1.68. The molecule has 2 aliphatic heterocycles. The molecule has 0 spiro atoms. The first-order valence-corrected chi connectivity index (χ1v) is 10.6. The van der Waals surface area contributed by atoms with Crippen molar-refractivity contribution in [3.05, 3.63) is 22.4 Å². The third-order valence-electron chi connectivity index (χ3n) is 4.43. The van der Waals surface area contributed by atoms with Gasteiger partial charge in [-0.1, -0.05) is 6.07 Å². The smallest absolute Gasteiger partial charge is 0.224 e. The highest BCUT2D eigenvalue weighted by atomic mass is 32.2. The minimum atomic E-state index is -3.03. The van der Waals surface area contributed by atoms with Gasteiger partial charge in [0.15, 0.2) is 9.84 Å². The van der Waals surface area contributed by atoms with Crippen LogP contribution in [0.15, 0.2) is 17.5 Å². The van der Waals surface area contributed by atoms with E-state index in [0.717, 1.165) is 13.1 Å². The molecule has 1 aromatic heterocycles. The summed E-state index contributed by atoms with van der Waals surface area (Å²) in [6.45, 7) is 3.61. The number of nitrogens with one attached hydrogen (secondary N) is 1. The van der Waals surface area contributed by atoms with E-state index in [-0.39, 0.29) is 23.5 Å². The first-order valence-electron chi connectivity index (χ1n) is 7.88. The monoisotopic (exact) mass is 358 g/mol. The van der Waals surface area contributed by atoms with E-state index in [2.05, 4.69) is 16.3 Å². The van der Waals surface area contributed by atoms with Gasteiger partial charge < -0.3 is 10.1 Å². The largest absolute Gasteiger partial charge is 0.379 e. The number of amides is 1. The maximum absolute atomic E-state index is 12.3.